The molecule has 0 spiro atoms. The summed E-state index contributed by atoms with van der Waals surface area (Å²) in [5.74, 6) is -1.66. The van der Waals surface area contributed by atoms with E-state index in [1.54, 1.807) is 6.07 Å². The lowest BCUT2D eigenvalue weighted by Gasteiger charge is -2.13. The van der Waals surface area contributed by atoms with Gasteiger partial charge in [-0.2, -0.15) is 0 Å². The van der Waals surface area contributed by atoms with Crippen molar-refractivity contribution >= 4 is 17.6 Å². The fourth-order valence-electron chi connectivity index (χ4n) is 1.86. The molecule has 1 aromatic carbocycles. The van der Waals surface area contributed by atoms with Crippen molar-refractivity contribution in [3.8, 4) is 0 Å². The number of aliphatic carboxylic acids is 1. The zero-order chi connectivity index (χ0) is 13.8. The average molecular weight is 266 g/mol. The number of carboxylic acids is 1. The minimum Gasteiger partial charge on any atom is -0.480 e. The zero-order valence-corrected chi connectivity index (χ0v) is 10.2. The predicted molar refractivity (Wildman–Crippen MR) is 67.2 cm³/mol. The first kappa shape index (κ1) is 13.5. The van der Waals surface area contributed by atoms with E-state index >= 15 is 0 Å². The summed E-state index contributed by atoms with van der Waals surface area (Å²) in [4.78, 5) is 22.6. The molecule has 1 amide bonds. The SMILES string of the molecule is O=C(CNC(C(=O)O)C1CC1)Nc1cccc(F)c1. The van der Waals surface area contributed by atoms with Crippen LogP contribution in [0, 0.1) is 11.7 Å². The number of halogens is 1. The Morgan fingerprint density at radius 3 is 2.74 bits per heavy atom. The third kappa shape index (κ3) is 4.03. The van der Waals surface area contributed by atoms with Gasteiger partial charge in [0.2, 0.25) is 5.91 Å². The minimum atomic E-state index is -0.943. The second-order valence-corrected chi connectivity index (χ2v) is 4.59. The lowest BCUT2D eigenvalue weighted by molar-refractivity contribution is -0.140. The summed E-state index contributed by atoms with van der Waals surface area (Å²) in [6.45, 7) is -0.107. The van der Waals surface area contributed by atoms with Crippen LogP contribution in [0.25, 0.3) is 0 Å². The quantitative estimate of drug-likeness (QED) is 0.723. The first-order valence-corrected chi connectivity index (χ1v) is 6.08. The Bertz CT molecular complexity index is 489. The number of nitrogens with one attached hydrogen (secondary N) is 2. The average Bonchev–Trinajstić information content (AvgIpc) is 3.13. The number of carbonyl (C=O) groups is 2. The van der Waals surface area contributed by atoms with Crippen molar-refractivity contribution in [3.63, 3.8) is 0 Å². The number of carbonyl (C=O) groups excluding carboxylic acids is 1. The number of hydrogen-bond donors (Lipinski definition) is 3. The standard InChI is InChI=1S/C13H15FN2O3/c14-9-2-1-3-10(6-9)16-11(17)7-15-12(13(18)19)8-4-5-8/h1-3,6,8,12,15H,4-5,7H2,(H,16,17)(H,18,19). The molecule has 1 saturated carbocycles. The van der Waals surface area contributed by atoms with E-state index in [2.05, 4.69) is 10.6 Å². The van der Waals surface area contributed by atoms with E-state index in [-0.39, 0.29) is 12.5 Å². The number of amides is 1. The molecule has 5 nitrogen and oxygen atoms in total. The van der Waals surface area contributed by atoms with E-state index in [0.29, 0.717) is 5.69 Å². The maximum Gasteiger partial charge on any atom is 0.320 e. The maximum atomic E-state index is 12.9. The molecular formula is C13H15FN2O3. The lowest BCUT2D eigenvalue weighted by Crippen LogP contribution is -2.42. The minimum absolute atomic E-state index is 0.107. The summed E-state index contributed by atoms with van der Waals surface area (Å²) in [6, 6.07) is 4.85. The van der Waals surface area contributed by atoms with Crippen molar-refractivity contribution in [2.24, 2.45) is 5.92 Å². The summed E-state index contributed by atoms with van der Waals surface area (Å²) in [7, 11) is 0. The van der Waals surface area contributed by atoms with Crippen molar-refractivity contribution in [3.05, 3.63) is 30.1 Å². The number of anilines is 1. The Morgan fingerprint density at radius 1 is 1.42 bits per heavy atom. The first-order valence-electron chi connectivity index (χ1n) is 6.08. The lowest BCUT2D eigenvalue weighted by atomic mass is 10.2. The van der Waals surface area contributed by atoms with Crippen LogP contribution >= 0.6 is 0 Å². The highest BCUT2D eigenvalue weighted by Gasteiger charge is 2.36. The van der Waals surface area contributed by atoms with Crippen molar-refractivity contribution in [1.29, 1.82) is 0 Å². The molecule has 0 radical (unpaired) electrons. The third-order valence-corrected chi connectivity index (χ3v) is 2.95. The van der Waals surface area contributed by atoms with E-state index in [9.17, 15) is 14.0 Å². The smallest absolute Gasteiger partial charge is 0.320 e. The van der Waals surface area contributed by atoms with Gasteiger partial charge in [0, 0.05) is 5.69 Å². The Hall–Kier alpha value is -1.95. The van der Waals surface area contributed by atoms with Crippen LogP contribution in [-0.2, 0) is 9.59 Å². The van der Waals surface area contributed by atoms with E-state index in [1.807, 2.05) is 0 Å². The van der Waals surface area contributed by atoms with Crippen LogP contribution in [0.1, 0.15) is 12.8 Å². The summed E-state index contributed by atoms with van der Waals surface area (Å²) in [5.41, 5.74) is 0.352. The van der Waals surface area contributed by atoms with Gasteiger partial charge in [-0.1, -0.05) is 6.07 Å². The molecule has 0 aliphatic heterocycles. The highest BCUT2D eigenvalue weighted by Crippen LogP contribution is 2.32. The molecule has 0 bridgehead atoms. The van der Waals surface area contributed by atoms with Crippen LogP contribution in [0.2, 0.25) is 0 Å². The van der Waals surface area contributed by atoms with E-state index in [4.69, 9.17) is 5.11 Å². The third-order valence-electron chi connectivity index (χ3n) is 2.95. The van der Waals surface area contributed by atoms with Crippen LogP contribution in [0.4, 0.5) is 10.1 Å². The monoisotopic (exact) mass is 266 g/mol. The molecule has 102 valence electrons. The van der Waals surface area contributed by atoms with E-state index in [1.165, 1.54) is 18.2 Å². The fourth-order valence-corrected chi connectivity index (χ4v) is 1.86. The van der Waals surface area contributed by atoms with E-state index in [0.717, 1.165) is 12.8 Å². The number of hydrogen-bond acceptors (Lipinski definition) is 3. The first-order chi connectivity index (χ1) is 9.06. The molecule has 6 heteroatoms. The van der Waals surface area contributed by atoms with Gasteiger partial charge in [-0.25, -0.2) is 4.39 Å². The fraction of sp³-hybridized carbons (Fsp3) is 0.385. The molecular weight excluding hydrogens is 251 g/mol. The van der Waals surface area contributed by atoms with E-state index < -0.39 is 23.7 Å². The number of carboxylic acid groups (broad SMARTS) is 1. The van der Waals surface area contributed by atoms with Crippen LogP contribution in [0.3, 0.4) is 0 Å². The summed E-state index contributed by atoms with van der Waals surface area (Å²) >= 11 is 0. The Balaban J connectivity index is 1.82. The second kappa shape index (κ2) is 5.79. The van der Waals surface area contributed by atoms with Gasteiger partial charge in [-0.3, -0.25) is 14.9 Å². The molecule has 1 unspecified atom stereocenters. The van der Waals surface area contributed by atoms with Crippen molar-refractivity contribution < 1.29 is 19.1 Å². The number of benzene rings is 1. The summed E-state index contributed by atoms with van der Waals surface area (Å²) in [6.07, 6.45) is 1.74. The van der Waals surface area contributed by atoms with Gasteiger partial charge in [0.1, 0.15) is 11.9 Å². The molecule has 1 atom stereocenters. The maximum absolute atomic E-state index is 12.9. The Labute approximate surface area is 109 Å². The molecule has 0 aromatic heterocycles. The van der Waals surface area contributed by atoms with Gasteiger partial charge in [0.25, 0.3) is 0 Å². The molecule has 19 heavy (non-hydrogen) atoms. The zero-order valence-electron chi connectivity index (χ0n) is 10.2. The van der Waals surface area contributed by atoms with Crippen LogP contribution in [-0.4, -0.2) is 29.6 Å². The van der Waals surface area contributed by atoms with Gasteiger partial charge in [-0.05, 0) is 37.0 Å². The van der Waals surface area contributed by atoms with Crippen molar-refractivity contribution in [2.45, 2.75) is 18.9 Å². The van der Waals surface area contributed by atoms with Crippen LogP contribution in [0.5, 0.6) is 0 Å². The molecule has 1 fully saturated rings. The van der Waals surface area contributed by atoms with Crippen LogP contribution in [0.15, 0.2) is 24.3 Å². The molecule has 3 N–H and O–H groups in total. The van der Waals surface area contributed by atoms with Crippen molar-refractivity contribution in [1.82, 2.24) is 5.32 Å². The molecule has 0 heterocycles. The topological polar surface area (TPSA) is 78.4 Å². The highest BCUT2D eigenvalue weighted by molar-refractivity contribution is 5.92. The normalized spacial score (nSPS) is 15.8. The summed E-state index contributed by atoms with van der Waals surface area (Å²) in [5, 5.41) is 14.2. The Morgan fingerprint density at radius 2 is 2.16 bits per heavy atom. The molecule has 0 saturated heterocycles. The van der Waals surface area contributed by atoms with Gasteiger partial charge in [0.05, 0.1) is 6.54 Å². The molecule has 1 aromatic rings. The Kier molecular flexibility index (Phi) is 4.11. The van der Waals surface area contributed by atoms with Crippen molar-refractivity contribution in [2.75, 3.05) is 11.9 Å². The van der Waals surface area contributed by atoms with Gasteiger partial charge >= 0.3 is 5.97 Å². The molecule has 1 aliphatic rings. The molecule has 1 aliphatic carbocycles. The second-order valence-electron chi connectivity index (χ2n) is 4.59. The van der Waals surface area contributed by atoms with Gasteiger partial charge in [-0.15, -0.1) is 0 Å². The van der Waals surface area contributed by atoms with Crippen LogP contribution < -0.4 is 10.6 Å². The predicted octanol–water partition coefficient (Wildman–Crippen LogP) is 1.22. The van der Waals surface area contributed by atoms with Gasteiger partial charge < -0.3 is 10.4 Å². The van der Waals surface area contributed by atoms with Gasteiger partial charge in [0.15, 0.2) is 0 Å². The molecule has 2 rings (SSSR count). The summed E-state index contributed by atoms with van der Waals surface area (Å²) < 4.78 is 12.9. The number of rotatable bonds is 6. The largest absolute Gasteiger partial charge is 0.480 e. The highest BCUT2D eigenvalue weighted by atomic mass is 19.1.